The van der Waals surface area contributed by atoms with Crippen molar-refractivity contribution in [1.29, 1.82) is 0 Å². The molecule has 1 atom stereocenters. The van der Waals surface area contributed by atoms with Crippen molar-refractivity contribution >= 4 is 23.4 Å². The molecular weight excluding hydrogens is 282 g/mol. The zero-order valence-electron chi connectivity index (χ0n) is 10.7. The summed E-state index contributed by atoms with van der Waals surface area (Å²) in [6.45, 7) is 2.08. The molecule has 0 unspecified atom stereocenters. The molecular formula is C13H16ClN3OS. The Morgan fingerprint density at radius 3 is 3.05 bits per heavy atom. The largest absolute Gasteiger partial charge is 0.338 e. The highest BCUT2D eigenvalue weighted by atomic mass is 35.5. The standard InChI is InChI=1S/C13H16ClN3OS/c1-2-4-11(15)13-16-12(17-18-13)8-19-10-6-3-5-9(14)7-10/h3,5-7,11H,2,4,8,15H2,1H3/t11-/m1/s1. The van der Waals surface area contributed by atoms with Crippen LogP contribution in [0.15, 0.2) is 33.7 Å². The van der Waals surface area contributed by atoms with Crippen LogP contribution in [0.4, 0.5) is 0 Å². The first kappa shape index (κ1) is 14.4. The first-order chi connectivity index (χ1) is 9.19. The zero-order chi connectivity index (χ0) is 13.7. The van der Waals surface area contributed by atoms with Gasteiger partial charge in [0.15, 0.2) is 5.82 Å². The average Bonchev–Trinajstić information content (AvgIpc) is 2.86. The smallest absolute Gasteiger partial charge is 0.243 e. The van der Waals surface area contributed by atoms with Gasteiger partial charge in [0.1, 0.15) is 0 Å². The number of halogens is 1. The van der Waals surface area contributed by atoms with E-state index in [2.05, 4.69) is 17.1 Å². The van der Waals surface area contributed by atoms with E-state index in [-0.39, 0.29) is 6.04 Å². The summed E-state index contributed by atoms with van der Waals surface area (Å²) < 4.78 is 5.17. The van der Waals surface area contributed by atoms with Gasteiger partial charge in [-0.15, -0.1) is 11.8 Å². The second-order valence-electron chi connectivity index (χ2n) is 4.19. The number of hydrogen-bond donors (Lipinski definition) is 1. The number of nitrogens with zero attached hydrogens (tertiary/aromatic N) is 2. The van der Waals surface area contributed by atoms with Gasteiger partial charge in [-0.25, -0.2) is 0 Å². The molecule has 19 heavy (non-hydrogen) atoms. The van der Waals surface area contributed by atoms with Gasteiger partial charge in [-0.2, -0.15) is 4.98 Å². The van der Waals surface area contributed by atoms with Gasteiger partial charge in [0.25, 0.3) is 0 Å². The van der Waals surface area contributed by atoms with Crippen LogP contribution in [0, 0.1) is 0 Å². The van der Waals surface area contributed by atoms with Crippen LogP contribution < -0.4 is 5.73 Å². The van der Waals surface area contributed by atoms with Gasteiger partial charge >= 0.3 is 0 Å². The number of hydrogen-bond acceptors (Lipinski definition) is 5. The van der Waals surface area contributed by atoms with Crippen molar-refractivity contribution in [3.8, 4) is 0 Å². The number of nitrogens with two attached hydrogens (primary N) is 1. The van der Waals surface area contributed by atoms with E-state index in [0.717, 1.165) is 22.8 Å². The van der Waals surface area contributed by atoms with Crippen molar-refractivity contribution in [3.05, 3.63) is 41.0 Å². The molecule has 1 aromatic heterocycles. The van der Waals surface area contributed by atoms with Crippen molar-refractivity contribution in [2.24, 2.45) is 5.73 Å². The minimum Gasteiger partial charge on any atom is -0.338 e. The molecule has 2 aromatic rings. The van der Waals surface area contributed by atoms with Crippen LogP contribution in [0.5, 0.6) is 0 Å². The van der Waals surface area contributed by atoms with Crippen molar-refractivity contribution < 1.29 is 4.52 Å². The summed E-state index contributed by atoms with van der Waals surface area (Å²) in [7, 11) is 0. The first-order valence-electron chi connectivity index (χ1n) is 6.15. The molecule has 0 bridgehead atoms. The van der Waals surface area contributed by atoms with Crippen molar-refractivity contribution in [2.45, 2.75) is 36.5 Å². The Balaban J connectivity index is 1.93. The predicted molar refractivity (Wildman–Crippen MR) is 77.1 cm³/mol. The van der Waals surface area contributed by atoms with E-state index in [4.69, 9.17) is 21.9 Å². The summed E-state index contributed by atoms with van der Waals surface area (Å²) in [5.41, 5.74) is 5.93. The highest BCUT2D eigenvalue weighted by Gasteiger charge is 2.13. The monoisotopic (exact) mass is 297 g/mol. The van der Waals surface area contributed by atoms with Crippen LogP contribution >= 0.6 is 23.4 Å². The molecule has 0 aliphatic carbocycles. The first-order valence-corrected chi connectivity index (χ1v) is 7.52. The minimum absolute atomic E-state index is 0.164. The third kappa shape index (κ3) is 4.23. The Morgan fingerprint density at radius 2 is 2.32 bits per heavy atom. The van der Waals surface area contributed by atoms with Gasteiger partial charge in [0, 0.05) is 9.92 Å². The van der Waals surface area contributed by atoms with E-state index in [9.17, 15) is 0 Å². The Hall–Kier alpha value is -1.04. The summed E-state index contributed by atoms with van der Waals surface area (Å²) in [4.78, 5) is 5.39. The Bertz CT molecular complexity index is 532. The molecule has 1 heterocycles. The predicted octanol–water partition coefficient (Wildman–Crippen LogP) is 3.82. The minimum atomic E-state index is -0.164. The maximum absolute atomic E-state index is 5.93. The van der Waals surface area contributed by atoms with Crippen LogP contribution in [0.25, 0.3) is 0 Å². The van der Waals surface area contributed by atoms with Crippen LogP contribution in [-0.4, -0.2) is 10.1 Å². The second-order valence-corrected chi connectivity index (χ2v) is 5.68. The topological polar surface area (TPSA) is 64.9 Å². The third-order valence-corrected chi connectivity index (χ3v) is 3.79. The fourth-order valence-corrected chi connectivity index (χ4v) is 2.67. The van der Waals surface area contributed by atoms with Crippen molar-refractivity contribution in [2.75, 3.05) is 0 Å². The SMILES string of the molecule is CCC[C@@H](N)c1nc(CSc2cccc(Cl)c2)no1. The van der Waals surface area contributed by atoms with Gasteiger partial charge in [-0.05, 0) is 24.6 Å². The van der Waals surface area contributed by atoms with Crippen LogP contribution in [-0.2, 0) is 5.75 Å². The van der Waals surface area contributed by atoms with E-state index >= 15 is 0 Å². The molecule has 0 saturated carbocycles. The molecule has 0 saturated heterocycles. The molecule has 2 rings (SSSR count). The lowest BCUT2D eigenvalue weighted by molar-refractivity contribution is 0.345. The van der Waals surface area contributed by atoms with Gasteiger partial charge in [0.05, 0.1) is 11.8 Å². The number of aromatic nitrogens is 2. The Kier molecular flexibility index (Phi) is 5.24. The fraction of sp³-hybridized carbons (Fsp3) is 0.385. The summed E-state index contributed by atoms with van der Waals surface area (Å²) in [6, 6.07) is 7.52. The third-order valence-electron chi connectivity index (χ3n) is 2.56. The lowest BCUT2D eigenvalue weighted by Crippen LogP contribution is -2.10. The maximum atomic E-state index is 5.93. The number of rotatable bonds is 6. The molecule has 0 amide bonds. The number of benzene rings is 1. The Labute approximate surface area is 121 Å². The van der Waals surface area contributed by atoms with Crippen molar-refractivity contribution in [3.63, 3.8) is 0 Å². The quantitative estimate of drug-likeness (QED) is 0.821. The average molecular weight is 298 g/mol. The molecule has 1 aromatic carbocycles. The van der Waals surface area contributed by atoms with E-state index in [0.29, 0.717) is 17.5 Å². The molecule has 4 nitrogen and oxygen atoms in total. The lowest BCUT2D eigenvalue weighted by atomic mass is 10.2. The number of thioether (sulfide) groups is 1. The highest BCUT2D eigenvalue weighted by Crippen LogP contribution is 2.24. The van der Waals surface area contributed by atoms with Crippen LogP contribution in [0.3, 0.4) is 0 Å². The normalized spacial score (nSPS) is 12.6. The van der Waals surface area contributed by atoms with E-state index in [1.807, 2.05) is 24.3 Å². The maximum Gasteiger partial charge on any atom is 0.243 e. The van der Waals surface area contributed by atoms with Gasteiger partial charge in [-0.3, -0.25) is 0 Å². The lowest BCUT2D eigenvalue weighted by Gasteiger charge is -2.02. The molecule has 102 valence electrons. The molecule has 0 aliphatic heterocycles. The second kappa shape index (κ2) is 6.93. The van der Waals surface area contributed by atoms with Crippen molar-refractivity contribution in [1.82, 2.24) is 10.1 Å². The molecule has 0 radical (unpaired) electrons. The fourth-order valence-electron chi connectivity index (χ4n) is 1.62. The Morgan fingerprint density at radius 1 is 1.47 bits per heavy atom. The highest BCUT2D eigenvalue weighted by molar-refractivity contribution is 7.98. The molecule has 0 spiro atoms. The summed E-state index contributed by atoms with van der Waals surface area (Å²) in [5.74, 6) is 1.82. The summed E-state index contributed by atoms with van der Waals surface area (Å²) in [6.07, 6.45) is 1.85. The van der Waals surface area contributed by atoms with Gasteiger partial charge < -0.3 is 10.3 Å². The van der Waals surface area contributed by atoms with Gasteiger partial charge in [-0.1, -0.05) is 36.2 Å². The van der Waals surface area contributed by atoms with E-state index in [1.165, 1.54) is 0 Å². The van der Waals surface area contributed by atoms with E-state index < -0.39 is 0 Å². The van der Waals surface area contributed by atoms with Crippen LogP contribution in [0.1, 0.15) is 37.5 Å². The summed E-state index contributed by atoms with van der Waals surface area (Å²) >= 11 is 7.54. The molecule has 0 fully saturated rings. The molecule has 6 heteroatoms. The van der Waals surface area contributed by atoms with Gasteiger partial charge in [0.2, 0.25) is 5.89 Å². The summed E-state index contributed by atoms with van der Waals surface area (Å²) in [5, 5.41) is 4.66. The zero-order valence-corrected chi connectivity index (χ0v) is 12.2. The molecule has 0 aliphatic rings. The molecule has 2 N–H and O–H groups in total. The van der Waals surface area contributed by atoms with E-state index in [1.54, 1.807) is 11.8 Å². The van der Waals surface area contributed by atoms with Crippen LogP contribution in [0.2, 0.25) is 5.02 Å².